The van der Waals surface area contributed by atoms with Gasteiger partial charge in [-0.15, -0.1) is 0 Å². The zero-order chi connectivity index (χ0) is 14.8. The number of likely N-dealkylation sites (tertiary alicyclic amines) is 1. The van der Waals surface area contributed by atoms with E-state index in [-0.39, 0.29) is 0 Å². The molecule has 3 unspecified atom stereocenters. The molecule has 3 atom stereocenters. The van der Waals surface area contributed by atoms with Crippen LogP contribution in [0.25, 0.3) is 0 Å². The third-order valence-corrected chi connectivity index (χ3v) is 5.06. The van der Waals surface area contributed by atoms with Crippen LogP contribution in [0.3, 0.4) is 0 Å². The van der Waals surface area contributed by atoms with Crippen LogP contribution in [0.1, 0.15) is 31.4 Å². The Morgan fingerprint density at radius 1 is 1.24 bits per heavy atom. The van der Waals surface area contributed by atoms with Crippen molar-refractivity contribution >= 4 is 0 Å². The fourth-order valence-corrected chi connectivity index (χ4v) is 3.76. The van der Waals surface area contributed by atoms with E-state index < -0.39 is 0 Å². The molecule has 1 aromatic rings. The van der Waals surface area contributed by atoms with E-state index in [4.69, 9.17) is 9.47 Å². The van der Waals surface area contributed by atoms with Gasteiger partial charge in [0.15, 0.2) is 0 Å². The summed E-state index contributed by atoms with van der Waals surface area (Å²) in [4.78, 5) is 2.57. The monoisotopic (exact) mass is 290 g/mol. The first kappa shape index (κ1) is 14.7. The van der Waals surface area contributed by atoms with Crippen LogP contribution in [0.2, 0.25) is 0 Å². The Morgan fingerprint density at radius 2 is 2.10 bits per heavy atom. The van der Waals surface area contributed by atoms with Crippen molar-refractivity contribution in [2.75, 3.05) is 33.9 Å². The van der Waals surface area contributed by atoms with Gasteiger partial charge in [-0.25, -0.2) is 0 Å². The average molecular weight is 290 g/mol. The number of piperidine rings is 1. The van der Waals surface area contributed by atoms with Gasteiger partial charge in [-0.2, -0.15) is 0 Å². The number of ether oxygens (including phenoxy) is 2. The lowest BCUT2D eigenvalue weighted by Crippen LogP contribution is -2.40. The lowest BCUT2D eigenvalue weighted by Gasteiger charge is -2.26. The van der Waals surface area contributed by atoms with Crippen molar-refractivity contribution in [1.82, 2.24) is 10.2 Å². The van der Waals surface area contributed by atoms with Crippen LogP contribution in [0.4, 0.5) is 0 Å². The Balaban J connectivity index is 1.80. The molecule has 0 saturated carbocycles. The third kappa shape index (κ3) is 2.87. The van der Waals surface area contributed by atoms with Crippen molar-refractivity contribution in [3.63, 3.8) is 0 Å². The van der Waals surface area contributed by atoms with E-state index in [1.807, 2.05) is 12.1 Å². The van der Waals surface area contributed by atoms with E-state index in [0.29, 0.717) is 12.1 Å². The third-order valence-electron chi connectivity index (χ3n) is 5.06. The van der Waals surface area contributed by atoms with Crippen LogP contribution in [-0.4, -0.2) is 44.8 Å². The van der Waals surface area contributed by atoms with Crippen LogP contribution in [-0.2, 0) is 0 Å². The summed E-state index contributed by atoms with van der Waals surface area (Å²) in [6, 6.07) is 7.09. The highest BCUT2D eigenvalue weighted by Crippen LogP contribution is 2.36. The van der Waals surface area contributed by atoms with Crippen LogP contribution < -0.4 is 14.8 Å². The molecule has 4 heteroatoms. The van der Waals surface area contributed by atoms with Gasteiger partial charge in [-0.1, -0.05) is 0 Å². The molecule has 4 nitrogen and oxygen atoms in total. The van der Waals surface area contributed by atoms with Gasteiger partial charge in [0.25, 0.3) is 0 Å². The molecular formula is C17H26N2O2. The second-order valence-corrected chi connectivity index (χ2v) is 6.20. The smallest absolute Gasteiger partial charge is 0.123 e. The van der Waals surface area contributed by atoms with Gasteiger partial charge in [0.05, 0.1) is 14.2 Å². The molecule has 0 aromatic heterocycles. The molecule has 2 fully saturated rings. The number of fused-ring (bicyclic) bond motifs is 1. The van der Waals surface area contributed by atoms with Gasteiger partial charge in [0, 0.05) is 30.7 Å². The van der Waals surface area contributed by atoms with Crippen molar-refractivity contribution < 1.29 is 9.47 Å². The minimum atomic E-state index is 0.349. The van der Waals surface area contributed by atoms with E-state index in [1.54, 1.807) is 14.2 Å². The van der Waals surface area contributed by atoms with E-state index in [1.165, 1.54) is 31.5 Å². The van der Waals surface area contributed by atoms with Crippen molar-refractivity contribution in [3.05, 3.63) is 23.8 Å². The Morgan fingerprint density at radius 3 is 2.81 bits per heavy atom. The molecule has 0 aliphatic carbocycles. The molecule has 2 heterocycles. The van der Waals surface area contributed by atoms with Gasteiger partial charge < -0.3 is 14.8 Å². The molecule has 2 saturated heterocycles. The maximum atomic E-state index is 5.55. The molecule has 2 aliphatic rings. The van der Waals surface area contributed by atoms with E-state index in [2.05, 4.69) is 23.2 Å². The van der Waals surface area contributed by atoms with Crippen molar-refractivity contribution in [1.29, 1.82) is 0 Å². The maximum Gasteiger partial charge on any atom is 0.123 e. The number of hydrogen-bond donors (Lipinski definition) is 1. The normalized spacial score (nSPS) is 27.2. The standard InChI is InChI=1S/C17H26N2O2/c1-12(15-9-14(20-2)6-7-17(15)21-3)19-10-13-5-4-8-18-16(13)11-19/h6-7,9,12-13,16,18H,4-5,8,10-11H2,1-3H3. The van der Waals surface area contributed by atoms with Gasteiger partial charge >= 0.3 is 0 Å². The highest BCUT2D eigenvalue weighted by atomic mass is 16.5. The first-order chi connectivity index (χ1) is 10.2. The molecule has 21 heavy (non-hydrogen) atoms. The molecule has 3 rings (SSSR count). The summed E-state index contributed by atoms with van der Waals surface area (Å²) in [6.45, 7) is 5.76. The van der Waals surface area contributed by atoms with Crippen molar-refractivity contribution in [2.24, 2.45) is 5.92 Å². The van der Waals surface area contributed by atoms with E-state index in [0.717, 1.165) is 24.0 Å². The SMILES string of the molecule is COc1ccc(OC)c(C(C)N2CC3CCCNC3C2)c1. The fraction of sp³-hybridized carbons (Fsp3) is 0.647. The first-order valence-corrected chi connectivity index (χ1v) is 7.92. The molecule has 116 valence electrons. The summed E-state index contributed by atoms with van der Waals surface area (Å²) in [5.74, 6) is 2.65. The molecule has 0 bridgehead atoms. The van der Waals surface area contributed by atoms with E-state index >= 15 is 0 Å². The summed E-state index contributed by atoms with van der Waals surface area (Å²) >= 11 is 0. The second-order valence-electron chi connectivity index (χ2n) is 6.20. The minimum absolute atomic E-state index is 0.349. The Hall–Kier alpha value is -1.26. The van der Waals surface area contributed by atoms with Gasteiger partial charge in [-0.05, 0) is 50.4 Å². The topological polar surface area (TPSA) is 33.7 Å². The Labute approximate surface area is 127 Å². The lowest BCUT2D eigenvalue weighted by molar-refractivity contribution is 0.244. The molecule has 0 amide bonds. The number of rotatable bonds is 4. The first-order valence-electron chi connectivity index (χ1n) is 7.92. The molecule has 0 radical (unpaired) electrons. The maximum absolute atomic E-state index is 5.55. The number of methoxy groups -OCH3 is 2. The van der Waals surface area contributed by atoms with Gasteiger partial charge in [0.1, 0.15) is 11.5 Å². The van der Waals surface area contributed by atoms with Gasteiger partial charge in [0.2, 0.25) is 0 Å². The van der Waals surface area contributed by atoms with Crippen molar-refractivity contribution in [3.8, 4) is 11.5 Å². The zero-order valence-corrected chi connectivity index (χ0v) is 13.3. The largest absolute Gasteiger partial charge is 0.497 e. The molecule has 0 spiro atoms. The van der Waals surface area contributed by atoms with Crippen molar-refractivity contribution in [2.45, 2.75) is 31.8 Å². The molecule has 1 N–H and O–H groups in total. The number of hydrogen-bond acceptors (Lipinski definition) is 4. The summed E-state index contributed by atoms with van der Waals surface area (Å²) < 4.78 is 10.9. The lowest BCUT2D eigenvalue weighted by atomic mass is 9.94. The summed E-state index contributed by atoms with van der Waals surface area (Å²) in [7, 11) is 3.45. The average Bonchev–Trinajstić information content (AvgIpc) is 2.97. The summed E-state index contributed by atoms with van der Waals surface area (Å²) in [6.07, 6.45) is 2.67. The number of benzene rings is 1. The second kappa shape index (κ2) is 6.24. The highest BCUT2D eigenvalue weighted by molar-refractivity contribution is 5.42. The van der Waals surface area contributed by atoms with Gasteiger partial charge in [-0.3, -0.25) is 4.90 Å². The van der Waals surface area contributed by atoms with Crippen LogP contribution in [0.15, 0.2) is 18.2 Å². The number of nitrogens with zero attached hydrogens (tertiary/aromatic N) is 1. The quantitative estimate of drug-likeness (QED) is 0.923. The Kier molecular flexibility index (Phi) is 4.36. The zero-order valence-electron chi connectivity index (χ0n) is 13.3. The highest BCUT2D eigenvalue weighted by Gasteiger charge is 2.36. The summed E-state index contributed by atoms with van der Waals surface area (Å²) in [5, 5.41) is 3.67. The van der Waals surface area contributed by atoms with Crippen LogP contribution >= 0.6 is 0 Å². The fourth-order valence-electron chi connectivity index (χ4n) is 3.76. The van der Waals surface area contributed by atoms with E-state index in [9.17, 15) is 0 Å². The Bertz CT molecular complexity index is 478. The van der Waals surface area contributed by atoms with Crippen LogP contribution in [0.5, 0.6) is 11.5 Å². The molecule has 1 aromatic carbocycles. The van der Waals surface area contributed by atoms with Crippen LogP contribution in [0, 0.1) is 5.92 Å². The predicted molar refractivity (Wildman–Crippen MR) is 84.0 cm³/mol. The number of nitrogens with one attached hydrogen (secondary N) is 1. The predicted octanol–water partition coefficient (Wildman–Crippen LogP) is 2.45. The minimum Gasteiger partial charge on any atom is -0.497 e. The molecular weight excluding hydrogens is 264 g/mol. The molecule has 2 aliphatic heterocycles. The summed E-state index contributed by atoms with van der Waals surface area (Å²) in [5.41, 5.74) is 1.22.